The van der Waals surface area contributed by atoms with Gasteiger partial charge in [-0.1, -0.05) is 11.8 Å². The molecule has 1 aromatic heterocycles. The molecule has 1 aromatic carbocycles. The number of carboxylic acids is 1. The molecule has 21 heavy (non-hydrogen) atoms. The molecule has 7 nitrogen and oxygen atoms in total. The van der Waals surface area contributed by atoms with Crippen molar-refractivity contribution in [3.05, 3.63) is 18.2 Å². The van der Waals surface area contributed by atoms with Crippen LogP contribution in [0.4, 0.5) is 0 Å². The van der Waals surface area contributed by atoms with Crippen molar-refractivity contribution in [2.75, 3.05) is 12.5 Å². The van der Waals surface area contributed by atoms with Crippen LogP contribution in [-0.2, 0) is 11.8 Å². The maximum atomic E-state index is 10.4. The summed E-state index contributed by atoms with van der Waals surface area (Å²) in [5, 5.41) is 19.3. The first kappa shape index (κ1) is 13.7. The minimum absolute atomic E-state index is 0.0170. The quantitative estimate of drug-likeness (QED) is 0.740. The summed E-state index contributed by atoms with van der Waals surface area (Å²) in [6.45, 7) is 0.224. The molecule has 1 aliphatic rings. The number of rotatable bonds is 5. The second-order valence-electron chi connectivity index (χ2n) is 4.40. The predicted molar refractivity (Wildman–Crippen MR) is 72.9 cm³/mol. The van der Waals surface area contributed by atoms with Crippen LogP contribution in [0, 0.1) is 0 Å². The summed E-state index contributed by atoms with van der Waals surface area (Å²) >= 11 is 1.33. The van der Waals surface area contributed by atoms with Gasteiger partial charge in [-0.25, -0.2) is 0 Å². The highest BCUT2D eigenvalue weighted by Crippen LogP contribution is 2.35. The van der Waals surface area contributed by atoms with Crippen LogP contribution in [0.25, 0.3) is 11.4 Å². The molecule has 0 aliphatic carbocycles. The number of nitrogens with zero attached hydrogens (tertiary/aromatic N) is 3. The van der Waals surface area contributed by atoms with E-state index in [2.05, 4.69) is 10.2 Å². The third-order valence-corrected chi connectivity index (χ3v) is 4.02. The number of aromatic nitrogens is 3. The van der Waals surface area contributed by atoms with Gasteiger partial charge in [0.1, 0.15) is 0 Å². The molecule has 0 radical (unpaired) electrons. The fourth-order valence-corrected chi connectivity index (χ4v) is 2.78. The highest BCUT2D eigenvalue weighted by atomic mass is 32.2. The van der Waals surface area contributed by atoms with Crippen LogP contribution >= 0.6 is 11.8 Å². The lowest BCUT2D eigenvalue weighted by molar-refractivity contribution is -0.305. The fourth-order valence-electron chi connectivity index (χ4n) is 1.95. The lowest BCUT2D eigenvalue weighted by Crippen LogP contribution is -2.22. The van der Waals surface area contributed by atoms with E-state index in [0.29, 0.717) is 28.2 Å². The van der Waals surface area contributed by atoms with Crippen LogP contribution in [0.1, 0.15) is 6.42 Å². The van der Waals surface area contributed by atoms with Gasteiger partial charge in [0.15, 0.2) is 22.5 Å². The van der Waals surface area contributed by atoms with E-state index in [1.165, 1.54) is 11.8 Å². The standard InChI is InChI=1S/C13H13N3O4S/c1-16-12(14-15-13(16)21-5-4-11(17)18)8-2-3-9-10(6-8)20-7-19-9/h2-3,6H,4-5,7H2,1H3,(H,17,18)/p-1. The zero-order valence-corrected chi connectivity index (χ0v) is 12.1. The summed E-state index contributed by atoms with van der Waals surface area (Å²) in [6.07, 6.45) is -0.0170. The number of fused-ring (bicyclic) bond motifs is 1. The normalized spacial score (nSPS) is 12.6. The average Bonchev–Trinajstić information content (AvgIpc) is 3.05. The first-order chi connectivity index (χ1) is 10.1. The molecule has 0 amide bonds. The van der Waals surface area contributed by atoms with Gasteiger partial charge in [-0.3, -0.25) is 0 Å². The molecule has 2 aromatic rings. The van der Waals surface area contributed by atoms with Crippen molar-refractivity contribution >= 4 is 17.7 Å². The van der Waals surface area contributed by atoms with E-state index in [1.807, 2.05) is 29.8 Å². The molecule has 1 aliphatic heterocycles. The molecular formula is C13H12N3O4S-. The number of carboxylic acid groups (broad SMARTS) is 1. The number of ether oxygens (including phenoxy) is 2. The van der Waals surface area contributed by atoms with E-state index < -0.39 is 5.97 Å². The van der Waals surface area contributed by atoms with Gasteiger partial charge in [0, 0.05) is 24.3 Å². The number of thioether (sulfide) groups is 1. The summed E-state index contributed by atoms with van der Waals surface area (Å²) in [4.78, 5) is 10.4. The van der Waals surface area contributed by atoms with Crippen molar-refractivity contribution < 1.29 is 19.4 Å². The van der Waals surface area contributed by atoms with Crippen molar-refractivity contribution in [2.24, 2.45) is 7.05 Å². The molecule has 2 heterocycles. The van der Waals surface area contributed by atoms with Gasteiger partial charge in [-0.2, -0.15) is 0 Å². The zero-order chi connectivity index (χ0) is 14.8. The smallest absolute Gasteiger partial charge is 0.231 e. The average molecular weight is 306 g/mol. The Bertz CT molecular complexity index is 686. The predicted octanol–water partition coefficient (Wildman–Crippen LogP) is 0.443. The van der Waals surface area contributed by atoms with Gasteiger partial charge in [0.2, 0.25) is 6.79 Å². The SMILES string of the molecule is Cn1c(SCCC(=O)[O-])nnc1-c1ccc2c(c1)OCO2. The second-order valence-corrected chi connectivity index (χ2v) is 5.47. The van der Waals surface area contributed by atoms with E-state index in [4.69, 9.17) is 9.47 Å². The van der Waals surface area contributed by atoms with Crippen LogP contribution in [0.3, 0.4) is 0 Å². The summed E-state index contributed by atoms with van der Waals surface area (Å²) in [5.41, 5.74) is 0.862. The molecule has 0 saturated carbocycles. The van der Waals surface area contributed by atoms with E-state index in [9.17, 15) is 9.90 Å². The summed E-state index contributed by atoms with van der Waals surface area (Å²) in [7, 11) is 1.83. The zero-order valence-electron chi connectivity index (χ0n) is 11.2. The monoisotopic (exact) mass is 306 g/mol. The topological polar surface area (TPSA) is 89.3 Å². The molecule has 0 saturated heterocycles. The number of aliphatic carboxylic acids is 1. The van der Waals surface area contributed by atoms with Crippen LogP contribution < -0.4 is 14.6 Å². The minimum Gasteiger partial charge on any atom is -0.550 e. The molecule has 0 atom stereocenters. The lowest BCUT2D eigenvalue weighted by atomic mass is 10.2. The Labute approximate surface area is 124 Å². The Morgan fingerprint density at radius 2 is 2.19 bits per heavy atom. The largest absolute Gasteiger partial charge is 0.550 e. The number of carbonyl (C=O) groups excluding carboxylic acids is 1. The minimum atomic E-state index is -1.07. The summed E-state index contributed by atoms with van der Waals surface area (Å²) in [6, 6.07) is 5.56. The van der Waals surface area contributed by atoms with E-state index in [0.717, 1.165) is 5.56 Å². The Morgan fingerprint density at radius 1 is 1.38 bits per heavy atom. The second kappa shape index (κ2) is 5.65. The molecule has 0 spiro atoms. The molecule has 110 valence electrons. The van der Waals surface area contributed by atoms with Crippen LogP contribution in [0.2, 0.25) is 0 Å². The molecule has 0 N–H and O–H groups in total. The van der Waals surface area contributed by atoms with Crippen molar-refractivity contribution in [3.8, 4) is 22.9 Å². The molecule has 0 unspecified atom stereocenters. The highest BCUT2D eigenvalue weighted by molar-refractivity contribution is 7.99. The molecule has 8 heteroatoms. The van der Waals surface area contributed by atoms with Gasteiger partial charge in [-0.15, -0.1) is 10.2 Å². The third kappa shape index (κ3) is 2.80. The number of carbonyl (C=O) groups is 1. The number of benzene rings is 1. The molecule has 0 fully saturated rings. The Kier molecular flexibility index (Phi) is 3.70. The van der Waals surface area contributed by atoms with Crippen LogP contribution in [0.15, 0.2) is 23.4 Å². The third-order valence-electron chi connectivity index (χ3n) is 3.00. The van der Waals surface area contributed by atoms with Crippen molar-refractivity contribution in [3.63, 3.8) is 0 Å². The lowest BCUT2D eigenvalue weighted by Gasteiger charge is -2.05. The highest BCUT2D eigenvalue weighted by Gasteiger charge is 2.17. The van der Waals surface area contributed by atoms with Crippen molar-refractivity contribution in [1.29, 1.82) is 0 Å². The van der Waals surface area contributed by atoms with E-state index in [1.54, 1.807) is 0 Å². The first-order valence-electron chi connectivity index (χ1n) is 6.27. The Hall–Kier alpha value is -2.22. The van der Waals surface area contributed by atoms with Gasteiger partial charge in [0.25, 0.3) is 0 Å². The first-order valence-corrected chi connectivity index (χ1v) is 7.26. The Morgan fingerprint density at radius 3 is 3.00 bits per heavy atom. The van der Waals surface area contributed by atoms with Gasteiger partial charge < -0.3 is 23.9 Å². The fraction of sp³-hybridized carbons (Fsp3) is 0.308. The van der Waals surface area contributed by atoms with Crippen molar-refractivity contribution in [1.82, 2.24) is 14.8 Å². The molecular weight excluding hydrogens is 294 g/mol. The van der Waals surface area contributed by atoms with Crippen molar-refractivity contribution in [2.45, 2.75) is 11.6 Å². The maximum absolute atomic E-state index is 10.4. The van der Waals surface area contributed by atoms with Gasteiger partial charge in [-0.05, 0) is 24.6 Å². The maximum Gasteiger partial charge on any atom is 0.231 e. The molecule has 3 rings (SSSR count). The van der Waals surface area contributed by atoms with Crippen LogP contribution in [0.5, 0.6) is 11.5 Å². The summed E-state index contributed by atoms with van der Waals surface area (Å²) < 4.78 is 12.4. The number of hydrogen-bond acceptors (Lipinski definition) is 7. The van der Waals surface area contributed by atoms with E-state index >= 15 is 0 Å². The summed E-state index contributed by atoms with van der Waals surface area (Å²) in [5.74, 6) is 1.41. The van der Waals surface area contributed by atoms with Crippen LogP contribution in [-0.4, -0.2) is 33.3 Å². The van der Waals surface area contributed by atoms with Gasteiger partial charge >= 0.3 is 0 Å². The Balaban J connectivity index is 1.80. The number of hydrogen-bond donors (Lipinski definition) is 0. The van der Waals surface area contributed by atoms with E-state index in [-0.39, 0.29) is 13.2 Å². The molecule has 0 bridgehead atoms. The van der Waals surface area contributed by atoms with Gasteiger partial charge in [0.05, 0.1) is 0 Å².